The Kier molecular flexibility index (Phi) is 7.44. The number of nitrogens with zero attached hydrogens (tertiary/aromatic N) is 1. The summed E-state index contributed by atoms with van der Waals surface area (Å²) in [6.07, 6.45) is 0. The monoisotopic (exact) mass is 709 g/mol. The van der Waals surface area contributed by atoms with E-state index < -0.39 is 0 Å². The molecular formula is C53H43NO. The van der Waals surface area contributed by atoms with Gasteiger partial charge in [-0.2, -0.15) is 0 Å². The van der Waals surface area contributed by atoms with Crippen LogP contribution in [0.3, 0.4) is 0 Å². The average molecular weight is 710 g/mol. The predicted octanol–water partition coefficient (Wildman–Crippen LogP) is 15.1. The van der Waals surface area contributed by atoms with Crippen LogP contribution in [0.4, 0.5) is 17.1 Å². The summed E-state index contributed by atoms with van der Waals surface area (Å²) >= 11 is 0. The van der Waals surface area contributed by atoms with Crippen molar-refractivity contribution in [3.63, 3.8) is 0 Å². The van der Waals surface area contributed by atoms with Crippen LogP contribution in [0.2, 0.25) is 0 Å². The topological polar surface area (TPSA) is 16.4 Å². The van der Waals surface area contributed by atoms with Crippen molar-refractivity contribution in [1.29, 1.82) is 0 Å². The molecule has 1 aliphatic rings. The maximum Gasteiger partial charge on any atom is 0.137 e. The molecule has 0 amide bonds. The van der Waals surface area contributed by atoms with Gasteiger partial charge in [-0.3, -0.25) is 0 Å². The third-order valence-corrected chi connectivity index (χ3v) is 11.9. The van der Waals surface area contributed by atoms with Crippen molar-refractivity contribution in [3.8, 4) is 33.4 Å². The second-order valence-electron chi connectivity index (χ2n) is 16.6. The molecule has 0 bridgehead atoms. The first-order valence-electron chi connectivity index (χ1n) is 19.3. The molecule has 0 spiro atoms. The summed E-state index contributed by atoms with van der Waals surface area (Å²) < 4.78 is 6.51. The Morgan fingerprint density at radius 2 is 1.09 bits per heavy atom. The van der Waals surface area contributed by atoms with Crippen LogP contribution in [0.15, 0.2) is 174 Å². The molecule has 0 unspecified atom stereocenters. The molecule has 266 valence electrons. The normalized spacial score (nSPS) is 13.3. The first-order valence-corrected chi connectivity index (χ1v) is 19.3. The number of furan rings is 1. The Morgan fingerprint density at radius 3 is 1.87 bits per heavy atom. The molecule has 0 radical (unpaired) electrons. The van der Waals surface area contributed by atoms with Gasteiger partial charge in [0.05, 0.1) is 5.69 Å². The van der Waals surface area contributed by atoms with Crippen LogP contribution in [0.1, 0.15) is 51.3 Å². The van der Waals surface area contributed by atoms with E-state index >= 15 is 0 Å². The largest absolute Gasteiger partial charge is 0.456 e. The van der Waals surface area contributed by atoms with Crippen molar-refractivity contribution in [2.75, 3.05) is 4.90 Å². The molecule has 2 nitrogen and oxygen atoms in total. The highest BCUT2D eigenvalue weighted by Crippen LogP contribution is 2.55. The number of para-hydroxylation sites is 1. The maximum atomic E-state index is 6.51. The van der Waals surface area contributed by atoms with Gasteiger partial charge in [0.1, 0.15) is 11.2 Å². The van der Waals surface area contributed by atoms with Gasteiger partial charge in [-0.1, -0.05) is 162 Å². The lowest BCUT2D eigenvalue weighted by Gasteiger charge is -2.30. The first-order chi connectivity index (χ1) is 26.7. The number of rotatable bonds is 5. The van der Waals surface area contributed by atoms with E-state index in [1.54, 1.807) is 0 Å². The van der Waals surface area contributed by atoms with Gasteiger partial charge < -0.3 is 9.32 Å². The number of hydrogen-bond donors (Lipinski definition) is 0. The smallest absolute Gasteiger partial charge is 0.137 e. The molecule has 0 aliphatic heterocycles. The minimum absolute atomic E-state index is 0.109. The number of hydrogen-bond acceptors (Lipinski definition) is 2. The second kappa shape index (κ2) is 12.3. The summed E-state index contributed by atoms with van der Waals surface area (Å²) in [5, 5.41) is 4.68. The molecule has 1 aromatic heterocycles. The first kappa shape index (κ1) is 33.2. The molecular weight excluding hydrogens is 667 g/mol. The highest BCUT2D eigenvalue weighted by molar-refractivity contribution is 6.11. The summed E-state index contributed by atoms with van der Waals surface area (Å²) in [5.74, 6) is 0. The molecule has 2 heteroatoms. The van der Waals surface area contributed by atoms with Crippen LogP contribution >= 0.6 is 0 Å². The quantitative estimate of drug-likeness (QED) is 0.177. The fraction of sp³-hybridized carbons (Fsp3) is 0.132. The van der Waals surface area contributed by atoms with Gasteiger partial charge in [-0.05, 0) is 97.1 Å². The van der Waals surface area contributed by atoms with Crippen molar-refractivity contribution in [3.05, 3.63) is 187 Å². The minimum Gasteiger partial charge on any atom is -0.456 e. The highest BCUT2D eigenvalue weighted by Gasteiger charge is 2.37. The highest BCUT2D eigenvalue weighted by atomic mass is 16.3. The van der Waals surface area contributed by atoms with Crippen LogP contribution in [-0.2, 0) is 10.8 Å². The molecule has 10 rings (SSSR count). The van der Waals surface area contributed by atoms with E-state index in [-0.39, 0.29) is 10.8 Å². The SMILES string of the molecule is CC(C)(C)c1ccc(-c2ccc(N(c3ccc4c(c3)oc3ccccc34)c3ccc4ccccc4c3-c3cccc4c3-c3ccccc3C4(C)C)cc2)cc1. The summed E-state index contributed by atoms with van der Waals surface area (Å²) in [4.78, 5) is 2.42. The molecule has 1 aliphatic carbocycles. The zero-order valence-corrected chi connectivity index (χ0v) is 32.0. The summed E-state index contributed by atoms with van der Waals surface area (Å²) in [7, 11) is 0. The van der Waals surface area contributed by atoms with Crippen LogP contribution in [-0.4, -0.2) is 0 Å². The van der Waals surface area contributed by atoms with Gasteiger partial charge in [0.25, 0.3) is 0 Å². The number of benzene rings is 8. The lowest BCUT2D eigenvalue weighted by molar-refractivity contribution is 0.590. The third-order valence-electron chi connectivity index (χ3n) is 11.9. The molecule has 0 saturated carbocycles. The Morgan fingerprint density at radius 1 is 0.473 bits per heavy atom. The van der Waals surface area contributed by atoms with E-state index in [2.05, 4.69) is 203 Å². The molecule has 0 N–H and O–H groups in total. The fourth-order valence-corrected chi connectivity index (χ4v) is 8.94. The van der Waals surface area contributed by atoms with Gasteiger partial charge in [0, 0.05) is 39.2 Å². The Labute approximate surface area is 323 Å². The summed E-state index contributed by atoms with van der Waals surface area (Å²) in [6, 6.07) is 62.3. The maximum absolute atomic E-state index is 6.51. The predicted molar refractivity (Wildman–Crippen MR) is 233 cm³/mol. The van der Waals surface area contributed by atoms with Gasteiger partial charge in [-0.15, -0.1) is 0 Å². The third kappa shape index (κ3) is 5.31. The molecule has 0 atom stereocenters. The van der Waals surface area contributed by atoms with Crippen molar-refractivity contribution in [1.82, 2.24) is 0 Å². The fourth-order valence-electron chi connectivity index (χ4n) is 8.94. The van der Waals surface area contributed by atoms with E-state index in [4.69, 9.17) is 4.42 Å². The van der Waals surface area contributed by atoms with Crippen molar-refractivity contribution in [2.45, 2.75) is 45.4 Å². The minimum atomic E-state index is -0.111. The Bertz CT molecular complexity index is 2920. The summed E-state index contributed by atoms with van der Waals surface area (Å²) in [6.45, 7) is 11.5. The Balaban J connectivity index is 1.22. The molecule has 55 heavy (non-hydrogen) atoms. The molecule has 0 saturated heterocycles. The lowest BCUT2D eigenvalue weighted by Crippen LogP contribution is -2.15. The van der Waals surface area contributed by atoms with Gasteiger partial charge in [0.15, 0.2) is 0 Å². The van der Waals surface area contributed by atoms with Crippen LogP contribution in [0.5, 0.6) is 0 Å². The molecule has 0 fully saturated rings. The van der Waals surface area contributed by atoms with Gasteiger partial charge in [0.2, 0.25) is 0 Å². The van der Waals surface area contributed by atoms with E-state index in [1.165, 1.54) is 60.8 Å². The molecule has 9 aromatic rings. The average Bonchev–Trinajstić information content (AvgIpc) is 3.69. The standard InChI is InChI=1S/C53H43NO/c1-52(2,3)37-26-21-34(22-27-37)35-23-28-38(29-24-35)54(39-30-31-42-41-15-9-11-20-48(41)55-49(42)33-39)47-32-25-36-13-6-7-14-40(36)51(47)44-17-12-19-46-50(44)43-16-8-10-18-45(43)53(46,4)5/h6-33H,1-5H3. The van der Waals surface area contributed by atoms with Gasteiger partial charge in [-0.25, -0.2) is 0 Å². The van der Waals surface area contributed by atoms with Crippen molar-refractivity contribution in [2.24, 2.45) is 0 Å². The van der Waals surface area contributed by atoms with Crippen LogP contribution in [0, 0.1) is 0 Å². The molecule has 1 heterocycles. The number of anilines is 3. The van der Waals surface area contributed by atoms with E-state index in [1.807, 2.05) is 6.07 Å². The van der Waals surface area contributed by atoms with Crippen LogP contribution in [0.25, 0.3) is 66.1 Å². The lowest BCUT2D eigenvalue weighted by atomic mass is 9.81. The summed E-state index contributed by atoms with van der Waals surface area (Å²) in [5.41, 5.74) is 16.6. The zero-order valence-electron chi connectivity index (χ0n) is 32.0. The molecule has 8 aromatic carbocycles. The van der Waals surface area contributed by atoms with E-state index in [0.717, 1.165) is 39.0 Å². The Hall–Kier alpha value is -6.38. The van der Waals surface area contributed by atoms with Crippen LogP contribution < -0.4 is 4.90 Å². The zero-order chi connectivity index (χ0) is 37.5. The van der Waals surface area contributed by atoms with Gasteiger partial charge >= 0.3 is 0 Å². The van der Waals surface area contributed by atoms with Crippen molar-refractivity contribution < 1.29 is 4.42 Å². The number of fused-ring (bicyclic) bond motifs is 7. The second-order valence-corrected chi connectivity index (χ2v) is 16.6. The van der Waals surface area contributed by atoms with E-state index in [9.17, 15) is 0 Å². The van der Waals surface area contributed by atoms with E-state index in [0.29, 0.717) is 0 Å². The van der Waals surface area contributed by atoms with Crippen molar-refractivity contribution >= 4 is 49.8 Å².